The molecule has 0 saturated carbocycles. The zero-order valence-electron chi connectivity index (χ0n) is 13.6. The molecule has 0 amide bonds. The maximum Gasteiger partial charge on any atom is 0.340 e. The zero-order chi connectivity index (χ0) is 17.2. The summed E-state index contributed by atoms with van der Waals surface area (Å²) in [6, 6.07) is 16.6. The Morgan fingerprint density at radius 1 is 0.769 bits per heavy atom. The predicted octanol–water partition coefficient (Wildman–Crippen LogP) is 3.66. The topological polar surface area (TPSA) is 76.0 Å². The van der Waals surface area contributed by atoms with Crippen LogP contribution < -0.4 is 4.74 Å². The molecule has 0 atom stereocenters. The molecule has 26 heavy (non-hydrogen) atoms. The van der Waals surface area contributed by atoms with Gasteiger partial charge in [-0.2, -0.15) is 0 Å². The molecular weight excluding hydrogens is 521 g/mol. The molecule has 5 nitrogen and oxygen atoms in total. The Bertz CT molecular complexity index is 1010. The fourth-order valence-corrected chi connectivity index (χ4v) is 3.65. The van der Waals surface area contributed by atoms with Crippen molar-refractivity contribution in [1.29, 1.82) is 0 Å². The van der Waals surface area contributed by atoms with Crippen molar-refractivity contribution < 1.29 is 52.2 Å². The minimum Gasteiger partial charge on any atom is -0.508 e. The second-order valence-electron chi connectivity index (χ2n) is 6.08. The van der Waals surface area contributed by atoms with Gasteiger partial charge in [0.25, 0.3) is 0 Å². The van der Waals surface area contributed by atoms with Crippen LogP contribution in [0.4, 0.5) is 0 Å². The third kappa shape index (κ3) is 2.10. The number of aromatic hydroxyl groups is 2. The minimum absolute atomic E-state index is 0. The largest absolute Gasteiger partial charge is 0.508 e. The van der Waals surface area contributed by atoms with Crippen molar-refractivity contribution >= 4 is 5.97 Å². The summed E-state index contributed by atoms with van der Waals surface area (Å²) in [4.78, 5) is 12.5. The van der Waals surface area contributed by atoms with E-state index in [1.54, 1.807) is 24.3 Å². The van der Waals surface area contributed by atoms with Gasteiger partial charge in [0.05, 0.1) is 5.56 Å². The van der Waals surface area contributed by atoms with Gasteiger partial charge in [0.1, 0.15) is 23.0 Å². The van der Waals surface area contributed by atoms with Crippen molar-refractivity contribution in [3.63, 3.8) is 0 Å². The Morgan fingerprint density at radius 3 is 1.96 bits per heavy atom. The van der Waals surface area contributed by atoms with E-state index in [1.165, 1.54) is 24.3 Å². The summed E-state index contributed by atoms with van der Waals surface area (Å²) in [7, 11) is 0. The second-order valence-corrected chi connectivity index (χ2v) is 6.08. The molecule has 0 aromatic heterocycles. The van der Waals surface area contributed by atoms with Crippen LogP contribution in [0.15, 0.2) is 60.7 Å². The van der Waals surface area contributed by atoms with E-state index >= 15 is 0 Å². The molecule has 2 N–H and O–H groups in total. The summed E-state index contributed by atoms with van der Waals surface area (Å²) in [5, 5.41) is 19.7. The molecule has 2 aliphatic heterocycles. The van der Waals surface area contributed by atoms with Crippen molar-refractivity contribution in [2.45, 2.75) is 5.60 Å². The fraction of sp³-hybridized carbons (Fsp3) is 0.0500. The van der Waals surface area contributed by atoms with E-state index < -0.39 is 11.6 Å². The van der Waals surface area contributed by atoms with E-state index in [2.05, 4.69) is 0 Å². The van der Waals surface area contributed by atoms with Crippen LogP contribution in [-0.4, -0.2) is 16.2 Å². The van der Waals surface area contributed by atoms with Gasteiger partial charge in [-0.25, -0.2) is 4.79 Å². The molecule has 5 rings (SSSR count). The standard InChI is InChI=1S/C20H12O5.Hg/c21-11-5-7-15-17(9-11)24-18-10-12(22)6-8-16(18)20(15)14-4-2-1-3-13(14)19(23)25-20;/h1-10,21-22H;. The Kier molecular flexibility index (Phi) is 3.73. The maximum absolute atomic E-state index is 12.5. The van der Waals surface area contributed by atoms with Crippen LogP contribution in [0.5, 0.6) is 23.0 Å². The van der Waals surface area contributed by atoms with Gasteiger partial charge < -0.3 is 19.7 Å². The summed E-state index contributed by atoms with van der Waals surface area (Å²) in [5.74, 6) is 0.408. The van der Waals surface area contributed by atoms with Crippen LogP contribution >= 0.6 is 0 Å². The van der Waals surface area contributed by atoms with Crippen molar-refractivity contribution in [2.75, 3.05) is 0 Å². The van der Waals surface area contributed by atoms with Crippen molar-refractivity contribution in [2.24, 2.45) is 0 Å². The first kappa shape index (κ1) is 16.9. The number of phenols is 2. The van der Waals surface area contributed by atoms with Crippen LogP contribution in [0.3, 0.4) is 0 Å². The molecule has 2 aliphatic rings. The van der Waals surface area contributed by atoms with Crippen LogP contribution in [-0.2, 0) is 38.0 Å². The molecule has 1 spiro atoms. The maximum atomic E-state index is 12.5. The van der Waals surface area contributed by atoms with Gasteiger partial charge in [-0.05, 0) is 30.3 Å². The van der Waals surface area contributed by atoms with Gasteiger partial charge >= 0.3 is 5.97 Å². The molecule has 124 valence electrons. The first-order valence-corrected chi connectivity index (χ1v) is 7.77. The number of carbonyl (C=O) groups excluding carboxylic acids is 1. The summed E-state index contributed by atoms with van der Waals surface area (Å²) in [6.07, 6.45) is 0. The first-order valence-electron chi connectivity index (χ1n) is 7.77. The number of benzene rings is 3. The number of rotatable bonds is 0. The van der Waals surface area contributed by atoms with Gasteiger partial charge in [-0.3, -0.25) is 0 Å². The molecule has 6 heteroatoms. The molecule has 2 heterocycles. The first-order chi connectivity index (χ1) is 12.1. The van der Waals surface area contributed by atoms with Crippen molar-refractivity contribution in [3.05, 3.63) is 82.9 Å². The Labute approximate surface area is 169 Å². The van der Waals surface area contributed by atoms with Gasteiger partial charge in [0.15, 0.2) is 5.60 Å². The summed E-state index contributed by atoms with van der Waals surface area (Å²) in [5.41, 5.74) is 1.28. The third-order valence-electron chi connectivity index (χ3n) is 4.68. The van der Waals surface area contributed by atoms with Gasteiger partial charge in [-0.15, -0.1) is 0 Å². The molecule has 0 saturated heterocycles. The summed E-state index contributed by atoms with van der Waals surface area (Å²) >= 11 is 0. The average Bonchev–Trinajstić information content (AvgIpc) is 2.88. The Balaban J connectivity index is 0.00000168. The van der Waals surface area contributed by atoms with E-state index in [9.17, 15) is 15.0 Å². The SMILES string of the molecule is O=C1OC2(c3ccc(O)cc3Oc3cc(O)ccc32)c2ccccc21.[Hg]. The van der Waals surface area contributed by atoms with Gasteiger partial charge in [0.2, 0.25) is 0 Å². The van der Waals surface area contributed by atoms with Crippen LogP contribution in [0.25, 0.3) is 0 Å². The van der Waals surface area contributed by atoms with E-state index in [4.69, 9.17) is 9.47 Å². The number of hydrogen-bond acceptors (Lipinski definition) is 5. The number of carbonyl (C=O) groups is 1. The molecule has 0 unspecified atom stereocenters. The summed E-state index contributed by atoms with van der Waals surface area (Å²) in [6.45, 7) is 0. The quantitative estimate of drug-likeness (QED) is 0.341. The molecule has 0 fully saturated rings. The van der Waals surface area contributed by atoms with Gasteiger partial charge in [0, 0.05) is 56.5 Å². The minimum atomic E-state index is -1.17. The smallest absolute Gasteiger partial charge is 0.340 e. The van der Waals surface area contributed by atoms with Gasteiger partial charge in [-0.1, -0.05) is 18.2 Å². The van der Waals surface area contributed by atoms with Crippen LogP contribution in [0.1, 0.15) is 27.0 Å². The molecular formula is C20H12HgO5. The molecule has 3 aromatic carbocycles. The van der Waals surface area contributed by atoms with Crippen molar-refractivity contribution in [3.8, 4) is 23.0 Å². The number of phenolic OH excluding ortho intramolecular Hbond substituents is 2. The van der Waals surface area contributed by atoms with E-state index in [1.807, 2.05) is 12.1 Å². The summed E-state index contributed by atoms with van der Waals surface area (Å²) < 4.78 is 11.8. The zero-order valence-corrected chi connectivity index (χ0v) is 19.1. The van der Waals surface area contributed by atoms with E-state index in [-0.39, 0.29) is 39.2 Å². The predicted molar refractivity (Wildman–Crippen MR) is 88.0 cm³/mol. The molecule has 0 radical (unpaired) electrons. The Hall–Kier alpha value is -2.53. The van der Waals surface area contributed by atoms with Crippen molar-refractivity contribution in [1.82, 2.24) is 0 Å². The van der Waals surface area contributed by atoms with E-state index in [0.29, 0.717) is 33.8 Å². The average molecular weight is 533 g/mol. The number of hydrogen-bond donors (Lipinski definition) is 2. The number of ether oxygens (including phenoxy) is 2. The fourth-order valence-electron chi connectivity index (χ4n) is 3.65. The number of fused-ring (bicyclic) bond motifs is 6. The molecule has 0 bridgehead atoms. The monoisotopic (exact) mass is 534 g/mol. The Morgan fingerprint density at radius 2 is 1.35 bits per heavy atom. The molecule has 3 aromatic rings. The molecule has 0 aliphatic carbocycles. The van der Waals surface area contributed by atoms with E-state index in [0.717, 1.165) is 0 Å². The third-order valence-corrected chi connectivity index (χ3v) is 4.68. The second kappa shape index (κ2) is 5.74. The number of esters is 1. The normalized spacial score (nSPS) is 15.2. The van der Waals surface area contributed by atoms with Crippen LogP contribution in [0, 0.1) is 0 Å². The van der Waals surface area contributed by atoms with Crippen LogP contribution in [0.2, 0.25) is 0 Å².